The second-order valence-corrected chi connectivity index (χ2v) is 6.42. The van der Waals surface area contributed by atoms with E-state index < -0.39 is 0 Å². The van der Waals surface area contributed by atoms with Crippen LogP contribution in [0, 0.1) is 13.8 Å². The van der Waals surface area contributed by atoms with Crippen molar-refractivity contribution >= 4 is 0 Å². The zero-order valence-corrected chi connectivity index (χ0v) is 15.8. The number of aromatic hydroxyl groups is 2. The topological polar surface area (TPSA) is 131 Å². The van der Waals surface area contributed by atoms with Crippen LogP contribution in [0.3, 0.4) is 0 Å². The molecule has 0 aliphatic carbocycles. The molecular formula is C19H28N4O4. The number of rotatable bonds is 10. The van der Waals surface area contributed by atoms with E-state index in [1.807, 2.05) is 0 Å². The summed E-state index contributed by atoms with van der Waals surface area (Å²) in [5, 5.41) is 45.4. The highest BCUT2D eigenvalue weighted by Gasteiger charge is 2.12. The minimum atomic E-state index is -0.165. The second kappa shape index (κ2) is 10.2. The highest BCUT2D eigenvalue weighted by Crippen LogP contribution is 2.24. The van der Waals surface area contributed by atoms with Gasteiger partial charge in [0.15, 0.2) is 0 Å². The summed E-state index contributed by atoms with van der Waals surface area (Å²) in [6.07, 6.45) is 3.99. The van der Waals surface area contributed by atoms with Gasteiger partial charge in [0.05, 0.1) is 24.6 Å². The van der Waals surface area contributed by atoms with Crippen LogP contribution in [0.5, 0.6) is 11.5 Å². The van der Waals surface area contributed by atoms with Crippen LogP contribution in [0.25, 0.3) is 0 Å². The maximum Gasteiger partial charge on any atom is 0.141 e. The molecular weight excluding hydrogens is 348 g/mol. The average Bonchev–Trinajstić information content (AvgIpc) is 2.67. The van der Waals surface area contributed by atoms with Crippen molar-refractivity contribution in [2.24, 2.45) is 0 Å². The van der Waals surface area contributed by atoms with Crippen LogP contribution in [0.4, 0.5) is 0 Å². The zero-order chi connectivity index (χ0) is 19.8. The largest absolute Gasteiger partial charge is 0.506 e. The standard InChI is InChI=1S/C19H28N4O4/c1-12-18(26)16(14(10-24)6-22-12)8-20-4-3-5-21-9-17-15(11-25)7-23-13(2)19(17)27/h6-7,20-21,24-27H,3-5,8-11H2,1-2H3. The van der Waals surface area contributed by atoms with Crippen LogP contribution >= 0.6 is 0 Å². The molecule has 0 unspecified atom stereocenters. The molecule has 0 spiro atoms. The van der Waals surface area contributed by atoms with Crippen LogP contribution in [-0.2, 0) is 26.3 Å². The molecule has 0 aromatic carbocycles. The van der Waals surface area contributed by atoms with Crippen molar-refractivity contribution < 1.29 is 20.4 Å². The molecule has 0 bridgehead atoms. The molecule has 8 heteroatoms. The van der Waals surface area contributed by atoms with Crippen molar-refractivity contribution in [1.82, 2.24) is 20.6 Å². The maximum absolute atomic E-state index is 10.1. The average molecular weight is 376 g/mol. The summed E-state index contributed by atoms with van der Waals surface area (Å²) in [6, 6.07) is 0. The summed E-state index contributed by atoms with van der Waals surface area (Å²) in [7, 11) is 0. The fraction of sp³-hybridized carbons (Fsp3) is 0.474. The molecule has 0 radical (unpaired) electrons. The van der Waals surface area contributed by atoms with E-state index in [-0.39, 0.29) is 24.7 Å². The van der Waals surface area contributed by atoms with Gasteiger partial charge in [-0.05, 0) is 33.4 Å². The van der Waals surface area contributed by atoms with Gasteiger partial charge in [0, 0.05) is 47.7 Å². The Morgan fingerprint density at radius 2 is 1.19 bits per heavy atom. The minimum absolute atomic E-state index is 0.118. The molecule has 0 amide bonds. The molecule has 0 atom stereocenters. The quantitative estimate of drug-likeness (QED) is 0.335. The first-order chi connectivity index (χ1) is 13.0. The lowest BCUT2D eigenvalue weighted by molar-refractivity contribution is 0.278. The van der Waals surface area contributed by atoms with Crippen LogP contribution in [0.1, 0.15) is 40.1 Å². The van der Waals surface area contributed by atoms with E-state index in [0.717, 1.165) is 6.42 Å². The summed E-state index contributed by atoms with van der Waals surface area (Å²) in [5.41, 5.74) is 3.65. The van der Waals surface area contributed by atoms with Crippen LogP contribution in [0.15, 0.2) is 12.4 Å². The fourth-order valence-electron chi connectivity index (χ4n) is 2.80. The minimum Gasteiger partial charge on any atom is -0.506 e. The number of aryl methyl sites for hydroxylation is 2. The van der Waals surface area contributed by atoms with Crippen LogP contribution < -0.4 is 10.6 Å². The van der Waals surface area contributed by atoms with Gasteiger partial charge in [-0.1, -0.05) is 0 Å². The Balaban J connectivity index is 1.77. The van der Waals surface area contributed by atoms with E-state index >= 15 is 0 Å². The molecule has 0 fully saturated rings. The van der Waals surface area contributed by atoms with Gasteiger partial charge >= 0.3 is 0 Å². The Morgan fingerprint density at radius 1 is 0.778 bits per heavy atom. The number of aliphatic hydroxyl groups excluding tert-OH is 2. The highest BCUT2D eigenvalue weighted by molar-refractivity contribution is 5.41. The van der Waals surface area contributed by atoms with Gasteiger partial charge in [-0.25, -0.2) is 0 Å². The number of nitrogens with zero attached hydrogens (tertiary/aromatic N) is 2. The van der Waals surface area contributed by atoms with E-state index in [1.54, 1.807) is 26.2 Å². The Bertz CT molecular complexity index is 704. The number of aliphatic hydroxyl groups is 2. The third-order valence-electron chi connectivity index (χ3n) is 4.51. The molecule has 148 valence electrons. The molecule has 6 N–H and O–H groups in total. The van der Waals surface area contributed by atoms with E-state index in [2.05, 4.69) is 20.6 Å². The molecule has 0 aliphatic heterocycles. The first-order valence-corrected chi connectivity index (χ1v) is 8.95. The molecule has 0 aliphatic rings. The lowest BCUT2D eigenvalue weighted by atomic mass is 10.1. The zero-order valence-electron chi connectivity index (χ0n) is 15.8. The van der Waals surface area contributed by atoms with Crippen molar-refractivity contribution in [3.8, 4) is 11.5 Å². The summed E-state index contributed by atoms with van der Waals surface area (Å²) >= 11 is 0. The molecule has 2 aromatic rings. The molecule has 0 saturated carbocycles. The Kier molecular flexibility index (Phi) is 7.93. The number of pyridine rings is 2. The van der Waals surface area contributed by atoms with E-state index in [0.29, 0.717) is 59.8 Å². The third-order valence-corrected chi connectivity index (χ3v) is 4.51. The lowest BCUT2D eigenvalue weighted by Crippen LogP contribution is -2.22. The molecule has 8 nitrogen and oxygen atoms in total. The molecule has 2 aromatic heterocycles. The number of hydrogen-bond donors (Lipinski definition) is 6. The Morgan fingerprint density at radius 3 is 1.56 bits per heavy atom. The normalized spacial score (nSPS) is 11.1. The summed E-state index contributed by atoms with van der Waals surface area (Å²) in [4.78, 5) is 8.09. The first kappa shape index (κ1) is 21.0. The van der Waals surface area contributed by atoms with Crippen molar-refractivity contribution in [1.29, 1.82) is 0 Å². The van der Waals surface area contributed by atoms with Crippen molar-refractivity contribution in [3.05, 3.63) is 46.0 Å². The molecule has 2 heterocycles. The van der Waals surface area contributed by atoms with E-state index in [1.165, 1.54) is 0 Å². The lowest BCUT2D eigenvalue weighted by Gasteiger charge is -2.13. The van der Waals surface area contributed by atoms with Gasteiger partial charge in [0.1, 0.15) is 11.5 Å². The molecule has 2 rings (SSSR count). The summed E-state index contributed by atoms with van der Waals surface area (Å²) in [5.74, 6) is 0.236. The smallest absolute Gasteiger partial charge is 0.141 e. The molecule has 27 heavy (non-hydrogen) atoms. The Labute approximate surface area is 158 Å². The van der Waals surface area contributed by atoms with E-state index in [9.17, 15) is 20.4 Å². The number of hydrogen-bond acceptors (Lipinski definition) is 8. The summed E-state index contributed by atoms with van der Waals surface area (Å²) in [6.45, 7) is 5.44. The van der Waals surface area contributed by atoms with Crippen molar-refractivity contribution in [3.63, 3.8) is 0 Å². The predicted molar refractivity (Wildman–Crippen MR) is 101 cm³/mol. The molecule has 0 saturated heterocycles. The second-order valence-electron chi connectivity index (χ2n) is 6.42. The first-order valence-electron chi connectivity index (χ1n) is 8.95. The van der Waals surface area contributed by atoms with Gasteiger partial charge in [0.25, 0.3) is 0 Å². The fourth-order valence-corrected chi connectivity index (χ4v) is 2.80. The van der Waals surface area contributed by atoms with Crippen molar-refractivity contribution in [2.45, 2.75) is 46.6 Å². The maximum atomic E-state index is 10.1. The van der Waals surface area contributed by atoms with Gasteiger partial charge in [-0.15, -0.1) is 0 Å². The number of aromatic nitrogens is 2. The third kappa shape index (κ3) is 5.36. The van der Waals surface area contributed by atoms with Crippen molar-refractivity contribution in [2.75, 3.05) is 13.1 Å². The van der Waals surface area contributed by atoms with Gasteiger partial charge < -0.3 is 31.1 Å². The monoisotopic (exact) mass is 376 g/mol. The predicted octanol–water partition coefficient (Wildman–Crippen LogP) is 0.759. The highest BCUT2D eigenvalue weighted by atomic mass is 16.3. The van der Waals surface area contributed by atoms with Crippen LogP contribution in [0.2, 0.25) is 0 Å². The van der Waals surface area contributed by atoms with Gasteiger partial charge in [-0.2, -0.15) is 0 Å². The van der Waals surface area contributed by atoms with E-state index in [4.69, 9.17) is 0 Å². The SMILES string of the molecule is Cc1ncc(CO)c(CNCCCNCc2c(CO)cnc(C)c2O)c1O. The van der Waals surface area contributed by atoms with Gasteiger partial charge in [-0.3, -0.25) is 9.97 Å². The van der Waals surface area contributed by atoms with Gasteiger partial charge in [0.2, 0.25) is 0 Å². The summed E-state index contributed by atoms with van der Waals surface area (Å²) < 4.78 is 0. The number of nitrogens with one attached hydrogen (secondary N) is 2. The Hall–Kier alpha value is -2.26. The van der Waals surface area contributed by atoms with Crippen LogP contribution in [-0.4, -0.2) is 43.5 Å².